The Balaban J connectivity index is 2.39. The highest BCUT2D eigenvalue weighted by Gasteiger charge is 2.25. The molecule has 19 heavy (non-hydrogen) atoms. The van der Waals surface area contributed by atoms with Crippen LogP contribution in [0.15, 0.2) is 0 Å². The van der Waals surface area contributed by atoms with Crippen LogP contribution in [0, 0.1) is 5.92 Å². The molecule has 2 N–H and O–H groups in total. The topological polar surface area (TPSA) is 84.9 Å². The van der Waals surface area contributed by atoms with Crippen LogP contribution in [-0.2, 0) is 14.3 Å². The third-order valence-electron chi connectivity index (χ3n) is 2.88. The predicted octanol–water partition coefficient (Wildman–Crippen LogP) is 1.78. The lowest BCUT2D eigenvalue weighted by Crippen LogP contribution is -2.43. The number of nitrogens with one attached hydrogen (secondary N) is 1. The van der Waals surface area contributed by atoms with E-state index >= 15 is 0 Å². The Labute approximate surface area is 113 Å². The van der Waals surface area contributed by atoms with E-state index < -0.39 is 23.7 Å². The van der Waals surface area contributed by atoms with Crippen LogP contribution in [0.4, 0.5) is 4.79 Å². The number of carbonyl (C=O) groups is 2. The molecule has 0 aromatic heterocycles. The summed E-state index contributed by atoms with van der Waals surface area (Å²) in [4.78, 5) is 22.7. The Hall–Kier alpha value is -1.30. The number of carboxylic acids is 1. The maximum Gasteiger partial charge on any atom is 0.408 e. The number of rotatable bonds is 5. The molecule has 1 heterocycles. The van der Waals surface area contributed by atoms with Gasteiger partial charge in [-0.05, 0) is 46.0 Å². The fraction of sp³-hybridized carbons (Fsp3) is 0.846. The van der Waals surface area contributed by atoms with Gasteiger partial charge in [-0.1, -0.05) is 0 Å². The first kappa shape index (κ1) is 15.8. The van der Waals surface area contributed by atoms with Gasteiger partial charge in [0.2, 0.25) is 0 Å². The fourth-order valence-corrected chi connectivity index (χ4v) is 1.92. The summed E-state index contributed by atoms with van der Waals surface area (Å²) in [5.74, 6) is -0.646. The van der Waals surface area contributed by atoms with E-state index in [1.54, 1.807) is 20.8 Å². The zero-order chi connectivity index (χ0) is 14.5. The molecule has 0 bridgehead atoms. The molecule has 1 amide bonds. The molecule has 0 radical (unpaired) electrons. The number of ether oxygens (including phenoxy) is 2. The van der Waals surface area contributed by atoms with Gasteiger partial charge in [-0.25, -0.2) is 9.59 Å². The van der Waals surface area contributed by atoms with E-state index in [0.717, 1.165) is 19.4 Å². The Morgan fingerprint density at radius 1 is 1.47 bits per heavy atom. The van der Waals surface area contributed by atoms with Crippen LogP contribution in [0.1, 0.15) is 40.0 Å². The third-order valence-corrected chi connectivity index (χ3v) is 2.88. The number of aliphatic carboxylic acids is 1. The van der Waals surface area contributed by atoms with Crippen LogP contribution in [0.5, 0.6) is 0 Å². The summed E-state index contributed by atoms with van der Waals surface area (Å²) in [6, 6.07) is -0.907. The van der Waals surface area contributed by atoms with Crippen LogP contribution >= 0.6 is 0 Å². The Morgan fingerprint density at radius 3 is 2.63 bits per heavy atom. The normalized spacial score (nSPS) is 20.9. The van der Waals surface area contributed by atoms with Crippen molar-refractivity contribution in [1.29, 1.82) is 0 Å². The quantitative estimate of drug-likeness (QED) is 0.797. The van der Waals surface area contributed by atoms with Crippen LogP contribution < -0.4 is 5.32 Å². The van der Waals surface area contributed by atoms with Crippen molar-refractivity contribution in [3.05, 3.63) is 0 Å². The number of alkyl carbamates (subject to hydrolysis) is 1. The lowest BCUT2D eigenvalue weighted by Gasteiger charge is -2.22. The van der Waals surface area contributed by atoms with Crippen LogP contribution in [0.3, 0.4) is 0 Å². The molecule has 1 rings (SSSR count). The monoisotopic (exact) mass is 273 g/mol. The lowest BCUT2D eigenvalue weighted by molar-refractivity contribution is -0.139. The second kappa shape index (κ2) is 6.75. The average molecular weight is 273 g/mol. The van der Waals surface area contributed by atoms with Gasteiger partial charge in [0, 0.05) is 13.2 Å². The molecule has 1 fully saturated rings. The largest absolute Gasteiger partial charge is 0.480 e. The van der Waals surface area contributed by atoms with Gasteiger partial charge >= 0.3 is 12.1 Å². The molecule has 6 heteroatoms. The molecule has 0 saturated carbocycles. The van der Waals surface area contributed by atoms with E-state index in [4.69, 9.17) is 14.6 Å². The number of hydrogen-bond acceptors (Lipinski definition) is 4. The molecule has 0 aliphatic carbocycles. The zero-order valence-electron chi connectivity index (χ0n) is 11.8. The van der Waals surface area contributed by atoms with Crippen LogP contribution in [-0.4, -0.2) is 42.0 Å². The van der Waals surface area contributed by atoms with Crippen molar-refractivity contribution < 1.29 is 24.2 Å². The number of carboxylic acid groups (broad SMARTS) is 1. The summed E-state index contributed by atoms with van der Waals surface area (Å²) in [5.41, 5.74) is -0.633. The van der Waals surface area contributed by atoms with Gasteiger partial charge in [0.1, 0.15) is 11.6 Å². The third kappa shape index (κ3) is 6.42. The number of hydrogen-bond donors (Lipinski definition) is 2. The average Bonchev–Trinajstić information content (AvgIpc) is 2.73. The van der Waals surface area contributed by atoms with Gasteiger partial charge in [0.05, 0.1) is 0 Å². The summed E-state index contributed by atoms with van der Waals surface area (Å²) in [6.45, 7) is 6.62. The molecule has 1 saturated heterocycles. The number of carbonyl (C=O) groups excluding carboxylic acids is 1. The van der Waals surface area contributed by atoms with Crippen molar-refractivity contribution in [2.75, 3.05) is 13.2 Å². The van der Waals surface area contributed by atoms with E-state index in [9.17, 15) is 9.59 Å². The predicted molar refractivity (Wildman–Crippen MR) is 69.0 cm³/mol. The minimum absolute atomic E-state index is 0.391. The van der Waals surface area contributed by atoms with Crippen molar-refractivity contribution in [1.82, 2.24) is 5.32 Å². The van der Waals surface area contributed by atoms with Crippen molar-refractivity contribution >= 4 is 12.1 Å². The molecule has 6 nitrogen and oxygen atoms in total. The minimum atomic E-state index is -1.04. The smallest absolute Gasteiger partial charge is 0.408 e. The fourth-order valence-electron chi connectivity index (χ4n) is 1.92. The molecule has 1 aliphatic rings. The van der Waals surface area contributed by atoms with Crippen molar-refractivity contribution in [2.24, 2.45) is 5.92 Å². The highest BCUT2D eigenvalue weighted by atomic mass is 16.6. The lowest BCUT2D eigenvalue weighted by atomic mass is 9.99. The van der Waals surface area contributed by atoms with Gasteiger partial charge in [0.25, 0.3) is 0 Å². The molecule has 2 atom stereocenters. The van der Waals surface area contributed by atoms with Crippen molar-refractivity contribution in [3.63, 3.8) is 0 Å². The maximum absolute atomic E-state index is 11.5. The van der Waals surface area contributed by atoms with Gasteiger partial charge < -0.3 is 19.9 Å². The van der Waals surface area contributed by atoms with E-state index in [1.807, 2.05) is 0 Å². The van der Waals surface area contributed by atoms with Crippen LogP contribution in [0.25, 0.3) is 0 Å². The molecule has 0 aromatic rings. The SMILES string of the molecule is CC(C)(C)OC(=O)NC(CCC1CCOC1)C(=O)O. The molecule has 2 unspecified atom stereocenters. The van der Waals surface area contributed by atoms with E-state index in [-0.39, 0.29) is 0 Å². The minimum Gasteiger partial charge on any atom is -0.480 e. The van der Waals surface area contributed by atoms with E-state index in [1.165, 1.54) is 0 Å². The molecular formula is C13H23NO5. The molecular weight excluding hydrogens is 250 g/mol. The maximum atomic E-state index is 11.5. The first-order chi connectivity index (χ1) is 8.78. The standard InChI is InChI=1S/C13H23NO5/c1-13(2,3)19-12(17)14-10(11(15)16)5-4-9-6-7-18-8-9/h9-10H,4-8H2,1-3H3,(H,14,17)(H,15,16). The summed E-state index contributed by atoms with van der Waals surface area (Å²) in [7, 11) is 0. The number of amides is 1. The van der Waals surface area contributed by atoms with E-state index in [2.05, 4.69) is 5.32 Å². The molecule has 1 aliphatic heterocycles. The zero-order valence-corrected chi connectivity index (χ0v) is 11.8. The summed E-state index contributed by atoms with van der Waals surface area (Å²) >= 11 is 0. The van der Waals surface area contributed by atoms with Gasteiger partial charge in [-0.3, -0.25) is 0 Å². The first-order valence-electron chi connectivity index (χ1n) is 6.58. The van der Waals surface area contributed by atoms with Gasteiger partial charge in [0.15, 0.2) is 0 Å². The first-order valence-corrected chi connectivity index (χ1v) is 6.58. The van der Waals surface area contributed by atoms with Crippen molar-refractivity contribution in [2.45, 2.75) is 51.7 Å². The van der Waals surface area contributed by atoms with E-state index in [0.29, 0.717) is 18.9 Å². The highest BCUT2D eigenvalue weighted by Crippen LogP contribution is 2.19. The second-order valence-electron chi connectivity index (χ2n) is 5.84. The Morgan fingerprint density at radius 2 is 2.16 bits per heavy atom. The second-order valence-corrected chi connectivity index (χ2v) is 5.84. The molecule has 110 valence electrons. The molecule has 0 spiro atoms. The summed E-state index contributed by atoms with van der Waals surface area (Å²) < 4.78 is 10.3. The molecule has 0 aromatic carbocycles. The summed E-state index contributed by atoms with van der Waals surface area (Å²) in [5, 5.41) is 11.5. The van der Waals surface area contributed by atoms with Crippen LogP contribution in [0.2, 0.25) is 0 Å². The highest BCUT2D eigenvalue weighted by molar-refractivity contribution is 5.79. The van der Waals surface area contributed by atoms with Gasteiger partial charge in [-0.2, -0.15) is 0 Å². The Bertz CT molecular complexity index is 317. The summed E-state index contributed by atoms with van der Waals surface area (Å²) in [6.07, 6.45) is 1.39. The van der Waals surface area contributed by atoms with Crippen molar-refractivity contribution in [3.8, 4) is 0 Å². The van der Waals surface area contributed by atoms with Gasteiger partial charge in [-0.15, -0.1) is 0 Å². The Kier molecular flexibility index (Phi) is 5.60.